The van der Waals surface area contributed by atoms with Gasteiger partial charge in [-0.3, -0.25) is 0 Å². The van der Waals surface area contributed by atoms with E-state index in [0.717, 1.165) is 88.4 Å². The summed E-state index contributed by atoms with van der Waals surface area (Å²) in [6, 6.07) is 70.4. The third-order valence-electron chi connectivity index (χ3n) is 12.2. The lowest BCUT2D eigenvalue weighted by Crippen LogP contribution is -2.05. The molecule has 0 bridgehead atoms. The number of rotatable bonds is 6. The minimum Gasteiger partial charge on any atom is -0.308 e. The highest BCUT2D eigenvalue weighted by Crippen LogP contribution is 2.42. The Balaban J connectivity index is 1.21. The highest BCUT2D eigenvalue weighted by atomic mass is 15.0. The first-order valence-electron chi connectivity index (χ1n) is 21.1. The number of para-hydroxylation sites is 2. The molecule has 0 aliphatic rings. The van der Waals surface area contributed by atoms with E-state index in [1.807, 2.05) is 97.1 Å². The maximum atomic E-state index is 11.5. The monoisotopic (exact) mass is 838 g/mol. The molecule has 302 valence electrons. The standard InChI is InChI=1S/C58H30N8/c59-31-36-21-37(32-60)24-43(23-36)41-17-19-55-48(27-41)46-11-4-6-15-53(46)65(55)57-29-45(52-14-8-13-51(64-52)40-9-2-1-3-10-40)30-58(50(57)35-63)66-54-16-7-5-12-47(54)49-28-42(18-20-56(49)66)44-25-38(33-61)22-39(26-44)34-62/h1-30H. The first kappa shape index (κ1) is 38.9. The third kappa shape index (κ3) is 6.38. The van der Waals surface area contributed by atoms with Crippen molar-refractivity contribution in [3.05, 3.63) is 210 Å². The van der Waals surface area contributed by atoms with E-state index in [0.29, 0.717) is 39.2 Å². The van der Waals surface area contributed by atoms with Crippen LogP contribution < -0.4 is 0 Å². The lowest BCUT2D eigenvalue weighted by Gasteiger charge is -2.18. The minimum atomic E-state index is 0.405. The van der Waals surface area contributed by atoms with E-state index in [-0.39, 0.29) is 0 Å². The second-order valence-electron chi connectivity index (χ2n) is 16.0. The van der Waals surface area contributed by atoms with E-state index < -0.39 is 0 Å². The molecule has 11 rings (SSSR count). The molecule has 0 fully saturated rings. The van der Waals surface area contributed by atoms with Crippen molar-refractivity contribution in [1.82, 2.24) is 14.1 Å². The summed E-state index contributed by atoms with van der Waals surface area (Å²) in [6.45, 7) is 0. The van der Waals surface area contributed by atoms with Gasteiger partial charge in [-0.05, 0) is 119 Å². The van der Waals surface area contributed by atoms with E-state index in [9.17, 15) is 26.3 Å². The van der Waals surface area contributed by atoms with Gasteiger partial charge < -0.3 is 9.13 Å². The van der Waals surface area contributed by atoms with E-state index in [4.69, 9.17) is 4.98 Å². The Hall–Kier alpha value is -10.0. The van der Waals surface area contributed by atoms with Crippen molar-refractivity contribution >= 4 is 43.6 Å². The Kier molecular flexibility index (Phi) is 9.24. The van der Waals surface area contributed by atoms with Crippen molar-refractivity contribution in [2.24, 2.45) is 0 Å². The van der Waals surface area contributed by atoms with Gasteiger partial charge >= 0.3 is 0 Å². The quantitative estimate of drug-likeness (QED) is 0.163. The maximum Gasteiger partial charge on any atom is 0.104 e. The predicted molar refractivity (Wildman–Crippen MR) is 258 cm³/mol. The molecule has 66 heavy (non-hydrogen) atoms. The number of hydrogen-bond acceptors (Lipinski definition) is 6. The molecule has 0 aliphatic carbocycles. The average molecular weight is 839 g/mol. The van der Waals surface area contributed by atoms with E-state index in [1.165, 1.54) is 0 Å². The minimum absolute atomic E-state index is 0.405. The smallest absolute Gasteiger partial charge is 0.104 e. The van der Waals surface area contributed by atoms with E-state index in [1.54, 1.807) is 36.4 Å². The Morgan fingerprint density at radius 3 is 1.18 bits per heavy atom. The second-order valence-corrected chi connectivity index (χ2v) is 16.0. The molecule has 0 saturated carbocycles. The van der Waals surface area contributed by atoms with Crippen LogP contribution in [-0.2, 0) is 0 Å². The highest BCUT2D eigenvalue weighted by molar-refractivity contribution is 6.12. The summed E-state index contributed by atoms with van der Waals surface area (Å²) < 4.78 is 4.29. The number of aromatic nitrogens is 3. The zero-order valence-corrected chi connectivity index (χ0v) is 34.9. The molecule has 3 aromatic heterocycles. The Morgan fingerprint density at radius 1 is 0.303 bits per heavy atom. The Labute approximate surface area is 378 Å². The number of pyridine rings is 1. The van der Waals surface area contributed by atoms with Crippen molar-refractivity contribution in [2.75, 3.05) is 0 Å². The molecule has 0 atom stereocenters. The molecule has 8 nitrogen and oxygen atoms in total. The molecule has 0 saturated heterocycles. The summed E-state index contributed by atoms with van der Waals surface area (Å²) in [6.07, 6.45) is 0. The SMILES string of the molecule is N#Cc1cc(C#N)cc(-c2ccc3c(c2)c2ccccc2n3-c2cc(-c3cccc(-c4ccccc4)n3)cc(-n3c4ccccc4c4cc(-c5cc(C#N)cc(C#N)c5)ccc43)c2C#N)c1. The van der Waals surface area contributed by atoms with Crippen LogP contribution in [0.1, 0.15) is 27.8 Å². The molecule has 8 aromatic carbocycles. The van der Waals surface area contributed by atoms with Crippen LogP contribution in [0.4, 0.5) is 0 Å². The number of nitrogens with zero attached hydrogens (tertiary/aromatic N) is 8. The summed E-state index contributed by atoms with van der Waals surface area (Å²) in [7, 11) is 0. The number of fused-ring (bicyclic) bond motifs is 6. The zero-order chi connectivity index (χ0) is 44.9. The largest absolute Gasteiger partial charge is 0.308 e. The lowest BCUT2D eigenvalue weighted by atomic mass is 9.98. The second kappa shape index (κ2) is 15.7. The normalized spacial score (nSPS) is 11.0. The van der Waals surface area contributed by atoms with Crippen LogP contribution in [-0.4, -0.2) is 14.1 Å². The number of hydrogen-bond donors (Lipinski definition) is 0. The average Bonchev–Trinajstić information content (AvgIpc) is 3.90. The maximum absolute atomic E-state index is 11.5. The summed E-state index contributed by atoms with van der Waals surface area (Å²) >= 11 is 0. The molecule has 0 N–H and O–H groups in total. The molecule has 0 aliphatic heterocycles. The molecule has 0 spiro atoms. The third-order valence-corrected chi connectivity index (χ3v) is 12.2. The Morgan fingerprint density at radius 2 is 0.727 bits per heavy atom. The van der Waals surface area contributed by atoms with Crippen LogP contribution >= 0.6 is 0 Å². The predicted octanol–water partition coefficient (Wildman–Crippen LogP) is 13.3. The van der Waals surface area contributed by atoms with Crippen molar-refractivity contribution < 1.29 is 0 Å². The van der Waals surface area contributed by atoms with Crippen LogP contribution in [0.2, 0.25) is 0 Å². The first-order chi connectivity index (χ1) is 32.5. The van der Waals surface area contributed by atoms with Gasteiger partial charge in [0.05, 0.1) is 91.4 Å². The number of nitriles is 5. The zero-order valence-electron chi connectivity index (χ0n) is 34.9. The molecule has 0 unspecified atom stereocenters. The van der Waals surface area contributed by atoms with Crippen LogP contribution in [0.5, 0.6) is 0 Å². The summed E-state index contributed by atoms with van der Waals surface area (Å²) in [5.41, 5.74) is 13.4. The van der Waals surface area contributed by atoms with Gasteiger partial charge in [0.2, 0.25) is 0 Å². The molecule has 8 heteroatoms. The van der Waals surface area contributed by atoms with Crippen LogP contribution in [0, 0.1) is 56.7 Å². The van der Waals surface area contributed by atoms with Crippen LogP contribution in [0.15, 0.2) is 182 Å². The van der Waals surface area contributed by atoms with E-state index in [2.05, 4.69) is 88.0 Å². The van der Waals surface area contributed by atoms with Crippen molar-refractivity contribution in [2.45, 2.75) is 0 Å². The fourth-order valence-electron chi connectivity index (χ4n) is 9.26. The van der Waals surface area contributed by atoms with Gasteiger partial charge in [0, 0.05) is 32.7 Å². The van der Waals surface area contributed by atoms with Gasteiger partial charge in [0.25, 0.3) is 0 Å². The topological polar surface area (TPSA) is 142 Å². The summed E-state index contributed by atoms with van der Waals surface area (Å²) in [5, 5.41) is 54.5. The van der Waals surface area contributed by atoms with Crippen LogP contribution in [0.25, 0.3) is 99.8 Å². The Bertz CT molecular complexity index is 3780. The lowest BCUT2D eigenvalue weighted by molar-refractivity contribution is 1.12. The van der Waals surface area contributed by atoms with Gasteiger partial charge in [0.1, 0.15) is 11.6 Å². The van der Waals surface area contributed by atoms with E-state index >= 15 is 0 Å². The molecule has 0 amide bonds. The van der Waals surface area contributed by atoms with Gasteiger partial charge in [-0.15, -0.1) is 0 Å². The fraction of sp³-hybridized carbons (Fsp3) is 0. The molecular formula is C58H30N8. The van der Waals surface area contributed by atoms with Gasteiger partial charge in [0.15, 0.2) is 0 Å². The molecular weight excluding hydrogens is 809 g/mol. The fourth-order valence-corrected chi connectivity index (χ4v) is 9.26. The molecule has 3 heterocycles. The summed E-state index contributed by atoms with van der Waals surface area (Å²) in [4.78, 5) is 5.22. The van der Waals surface area contributed by atoms with Crippen molar-refractivity contribution in [1.29, 1.82) is 26.3 Å². The van der Waals surface area contributed by atoms with Crippen LogP contribution in [0.3, 0.4) is 0 Å². The van der Waals surface area contributed by atoms with Gasteiger partial charge in [-0.1, -0.05) is 84.9 Å². The molecule has 11 aromatic rings. The van der Waals surface area contributed by atoms with Crippen molar-refractivity contribution in [3.8, 4) is 86.5 Å². The van der Waals surface area contributed by atoms with Gasteiger partial charge in [-0.2, -0.15) is 26.3 Å². The summed E-state index contributed by atoms with van der Waals surface area (Å²) in [5.74, 6) is 0. The van der Waals surface area contributed by atoms with Crippen molar-refractivity contribution in [3.63, 3.8) is 0 Å². The molecule has 0 radical (unpaired) electrons. The first-order valence-corrected chi connectivity index (χ1v) is 21.1. The number of benzene rings is 8. The highest BCUT2D eigenvalue weighted by Gasteiger charge is 2.24. The van der Waals surface area contributed by atoms with Gasteiger partial charge in [-0.25, -0.2) is 4.98 Å².